The van der Waals surface area contributed by atoms with Crippen molar-refractivity contribution in [2.75, 3.05) is 20.2 Å². The molecule has 0 aliphatic heterocycles. The number of aryl methyl sites for hydroxylation is 1. The van der Waals surface area contributed by atoms with E-state index >= 15 is 0 Å². The normalized spacial score (nSPS) is 12.8. The van der Waals surface area contributed by atoms with Crippen LogP contribution in [0.2, 0.25) is 0 Å². The molecular formula is C13H20FNO. The molecule has 0 radical (unpaired) electrons. The lowest BCUT2D eigenvalue weighted by atomic mass is 10.1. The molecule has 0 amide bonds. The molecule has 0 bridgehead atoms. The number of nitrogens with one attached hydrogen (secondary N) is 1. The van der Waals surface area contributed by atoms with E-state index in [9.17, 15) is 4.39 Å². The van der Waals surface area contributed by atoms with E-state index < -0.39 is 0 Å². The fraction of sp³-hybridized carbons (Fsp3) is 0.538. The molecule has 1 N–H and O–H groups in total. The molecule has 1 rings (SSSR count). The van der Waals surface area contributed by atoms with Gasteiger partial charge in [0.2, 0.25) is 0 Å². The first-order chi connectivity index (χ1) is 7.63. The lowest BCUT2D eigenvalue weighted by Crippen LogP contribution is -2.27. The third-order valence-electron chi connectivity index (χ3n) is 2.71. The molecule has 0 heterocycles. The van der Waals surface area contributed by atoms with Crippen LogP contribution < -0.4 is 5.32 Å². The first kappa shape index (κ1) is 13.1. The Balaban J connectivity index is 2.32. The molecule has 2 nitrogen and oxygen atoms in total. The van der Waals surface area contributed by atoms with Crippen molar-refractivity contribution in [3.63, 3.8) is 0 Å². The minimum atomic E-state index is -0.165. The molecule has 0 aliphatic rings. The summed E-state index contributed by atoms with van der Waals surface area (Å²) in [5.74, 6) is -0.165. The van der Waals surface area contributed by atoms with Crippen molar-refractivity contribution in [3.8, 4) is 0 Å². The maximum Gasteiger partial charge on any atom is 0.123 e. The highest BCUT2D eigenvalue weighted by Gasteiger charge is 2.01. The van der Waals surface area contributed by atoms with Crippen molar-refractivity contribution in [2.24, 2.45) is 0 Å². The Hall–Kier alpha value is -0.930. The number of hydrogen-bond acceptors (Lipinski definition) is 2. The molecule has 1 aromatic carbocycles. The van der Waals surface area contributed by atoms with Gasteiger partial charge in [-0.05, 0) is 50.1 Å². The molecule has 0 saturated heterocycles. The van der Waals surface area contributed by atoms with Gasteiger partial charge in [-0.1, -0.05) is 6.07 Å². The maximum absolute atomic E-state index is 12.9. The highest BCUT2D eigenvalue weighted by molar-refractivity contribution is 5.26. The molecular weight excluding hydrogens is 205 g/mol. The van der Waals surface area contributed by atoms with Crippen LogP contribution in [-0.4, -0.2) is 26.3 Å². The predicted molar refractivity (Wildman–Crippen MR) is 64.2 cm³/mol. The molecule has 0 saturated carbocycles. The Morgan fingerprint density at radius 1 is 1.44 bits per heavy atom. The number of methoxy groups -OCH3 is 1. The number of hydrogen-bond donors (Lipinski definition) is 1. The van der Waals surface area contributed by atoms with Crippen molar-refractivity contribution < 1.29 is 9.13 Å². The van der Waals surface area contributed by atoms with Crippen LogP contribution >= 0.6 is 0 Å². The van der Waals surface area contributed by atoms with E-state index in [1.54, 1.807) is 13.2 Å². The highest BCUT2D eigenvalue weighted by Crippen LogP contribution is 2.10. The third kappa shape index (κ3) is 4.29. The van der Waals surface area contributed by atoms with Gasteiger partial charge in [0.25, 0.3) is 0 Å². The molecule has 90 valence electrons. The van der Waals surface area contributed by atoms with Crippen LogP contribution in [0.4, 0.5) is 4.39 Å². The zero-order valence-corrected chi connectivity index (χ0v) is 10.2. The van der Waals surface area contributed by atoms with E-state index in [2.05, 4.69) is 5.32 Å². The Morgan fingerprint density at radius 2 is 2.19 bits per heavy atom. The van der Waals surface area contributed by atoms with Crippen LogP contribution in [0.25, 0.3) is 0 Å². The van der Waals surface area contributed by atoms with Gasteiger partial charge in [0, 0.05) is 13.7 Å². The first-order valence-electron chi connectivity index (χ1n) is 5.62. The van der Waals surface area contributed by atoms with Crippen molar-refractivity contribution in [1.82, 2.24) is 5.32 Å². The van der Waals surface area contributed by atoms with E-state index in [4.69, 9.17) is 4.74 Å². The van der Waals surface area contributed by atoms with Gasteiger partial charge in [-0.2, -0.15) is 0 Å². The highest BCUT2D eigenvalue weighted by atomic mass is 19.1. The molecule has 0 fully saturated rings. The van der Waals surface area contributed by atoms with Crippen molar-refractivity contribution >= 4 is 0 Å². The molecule has 0 spiro atoms. The van der Waals surface area contributed by atoms with Crippen LogP contribution in [0.15, 0.2) is 18.2 Å². The summed E-state index contributed by atoms with van der Waals surface area (Å²) in [6.07, 6.45) is 1.15. The Labute approximate surface area is 96.8 Å². The summed E-state index contributed by atoms with van der Waals surface area (Å²) in [4.78, 5) is 0. The topological polar surface area (TPSA) is 21.3 Å². The summed E-state index contributed by atoms with van der Waals surface area (Å²) in [6, 6.07) is 4.94. The monoisotopic (exact) mass is 225 g/mol. The second kappa shape index (κ2) is 6.61. The number of ether oxygens (including phenoxy) is 1. The van der Waals surface area contributed by atoms with E-state index in [0.29, 0.717) is 0 Å². The van der Waals surface area contributed by atoms with Gasteiger partial charge in [0.15, 0.2) is 0 Å². The average molecular weight is 225 g/mol. The fourth-order valence-corrected chi connectivity index (χ4v) is 1.55. The Morgan fingerprint density at radius 3 is 2.81 bits per heavy atom. The molecule has 1 unspecified atom stereocenters. The van der Waals surface area contributed by atoms with Crippen LogP contribution in [0.3, 0.4) is 0 Å². The Kier molecular flexibility index (Phi) is 5.43. The average Bonchev–Trinajstić information content (AvgIpc) is 2.26. The third-order valence-corrected chi connectivity index (χ3v) is 2.71. The van der Waals surface area contributed by atoms with Gasteiger partial charge in [0.1, 0.15) is 5.82 Å². The van der Waals surface area contributed by atoms with E-state index in [1.165, 1.54) is 11.6 Å². The van der Waals surface area contributed by atoms with Gasteiger partial charge < -0.3 is 10.1 Å². The summed E-state index contributed by atoms with van der Waals surface area (Å²) >= 11 is 0. The maximum atomic E-state index is 12.9. The van der Waals surface area contributed by atoms with Crippen LogP contribution in [0, 0.1) is 12.7 Å². The summed E-state index contributed by atoms with van der Waals surface area (Å²) in [5, 5.41) is 3.31. The van der Waals surface area contributed by atoms with Gasteiger partial charge in [-0.15, -0.1) is 0 Å². The van der Waals surface area contributed by atoms with E-state index in [-0.39, 0.29) is 11.9 Å². The number of rotatable bonds is 6. The second-order valence-electron chi connectivity index (χ2n) is 4.07. The number of benzene rings is 1. The minimum Gasteiger partial charge on any atom is -0.380 e. The molecule has 1 atom stereocenters. The number of halogens is 1. The summed E-state index contributed by atoms with van der Waals surface area (Å²) in [7, 11) is 1.70. The zero-order valence-electron chi connectivity index (χ0n) is 10.2. The minimum absolute atomic E-state index is 0.165. The molecule has 0 aliphatic carbocycles. The van der Waals surface area contributed by atoms with Crippen LogP contribution in [0.5, 0.6) is 0 Å². The largest absolute Gasteiger partial charge is 0.380 e. The predicted octanol–water partition coefficient (Wildman–Crippen LogP) is 2.30. The molecule has 0 aromatic heterocycles. The van der Waals surface area contributed by atoms with Crippen molar-refractivity contribution in [3.05, 3.63) is 35.1 Å². The van der Waals surface area contributed by atoms with Crippen LogP contribution in [0.1, 0.15) is 18.1 Å². The van der Waals surface area contributed by atoms with Crippen molar-refractivity contribution in [2.45, 2.75) is 26.4 Å². The summed E-state index contributed by atoms with van der Waals surface area (Å²) in [5.41, 5.74) is 2.21. The fourth-order valence-electron chi connectivity index (χ4n) is 1.55. The van der Waals surface area contributed by atoms with Gasteiger partial charge in [0.05, 0.1) is 6.10 Å². The summed E-state index contributed by atoms with van der Waals surface area (Å²) < 4.78 is 18.0. The quantitative estimate of drug-likeness (QED) is 0.750. The van der Waals surface area contributed by atoms with Crippen molar-refractivity contribution in [1.29, 1.82) is 0 Å². The lowest BCUT2D eigenvalue weighted by Gasteiger charge is -2.11. The standard InChI is InChI=1S/C13H20FNO/c1-10-8-13(14)5-4-12(10)6-7-15-9-11(2)16-3/h4-5,8,11,15H,6-7,9H2,1-3H3. The molecule has 3 heteroatoms. The SMILES string of the molecule is COC(C)CNCCc1ccc(F)cc1C. The van der Waals surface area contributed by atoms with E-state index in [0.717, 1.165) is 25.1 Å². The lowest BCUT2D eigenvalue weighted by molar-refractivity contribution is 0.117. The van der Waals surface area contributed by atoms with E-state index in [1.807, 2.05) is 19.9 Å². The van der Waals surface area contributed by atoms with Crippen LogP contribution in [-0.2, 0) is 11.2 Å². The zero-order chi connectivity index (χ0) is 12.0. The smallest absolute Gasteiger partial charge is 0.123 e. The Bertz CT molecular complexity index is 328. The second-order valence-corrected chi connectivity index (χ2v) is 4.07. The van der Waals surface area contributed by atoms with Gasteiger partial charge in [-0.3, -0.25) is 0 Å². The molecule has 16 heavy (non-hydrogen) atoms. The van der Waals surface area contributed by atoms with Gasteiger partial charge >= 0.3 is 0 Å². The first-order valence-corrected chi connectivity index (χ1v) is 5.62. The van der Waals surface area contributed by atoms with Gasteiger partial charge in [-0.25, -0.2) is 4.39 Å². The summed E-state index contributed by atoms with van der Waals surface area (Å²) in [6.45, 7) is 5.70. The molecule has 1 aromatic rings.